The Labute approximate surface area is 162 Å². The Balaban J connectivity index is 1.51. The number of carbonyl (C=O) groups excluding carboxylic acids is 1. The molecular weight excluding hydrogens is 352 g/mol. The molecule has 0 fully saturated rings. The van der Waals surface area contributed by atoms with Gasteiger partial charge in [0.2, 0.25) is 0 Å². The van der Waals surface area contributed by atoms with Gasteiger partial charge in [0.15, 0.2) is 0 Å². The van der Waals surface area contributed by atoms with Crippen molar-refractivity contribution in [1.29, 1.82) is 0 Å². The number of hydrogen-bond acceptors (Lipinski definition) is 4. The van der Waals surface area contributed by atoms with Crippen LogP contribution in [0.5, 0.6) is 5.75 Å². The number of para-hydroxylation sites is 1. The zero-order valence-electron chi connectivity index (χ0n) is 15.7. The second-order valence-corrected chi connectivity index (χ2v) is 6.61. The maximum absolute atomic E-state index is 12.7. The Morgan fingerprint density at radius 3 is 2.75 bits per heavy atom. The van der Waals surface area contributed by atoms with Crippen molar-refractivity contribution >= 4 is 17.4 Å². The van der Waals surface area contributed by atoms with Crippen LogP contribution in [0.2, 0.25) is 0 Å². The first-order valence-corrected chi connectivity index (χ1v) is 8.99. The number of amides is 1. The van der Waals surface area contributed by atoms with E-state index in [-0.39, 0.29) is 12.5 Å². The molecule has 0 saturated carbocycles. The quantitative estimate of drug-likeness (QED) is 0.571. The summed E-state index contributed by atoms with van der Waals surface area (Å²) < 4.78 is 7.88. The van der Waals surface area contributed by atoms with Crippen LogP contribution in [0.3, 0.4) is 0 Å². The van der Waals surface area contributed by atoms with Gasteiger partial charge in [0.05, 0.1) is 11.3 Å². The molecule has 140 valence electrons. The van der Waals surface area contributed by atoms with Gasteiger partial charge in [-0.1, -0.05) is 24.3 Å². The Kier molecular flexibility index (Phi) is 4.76. The van der Waals surface area contributed by atoms with Gasteiger partial charge in [-0.15, -0.1) is 0 Å². The average Bonchev–Trinajstić information content (AvgIpc) is 3.13. The Hall–Kier alpha value is -3.67. The van der Waals surface area contributed by atoms with E-state index < -0.39 is 0 Å². The highest BCUT2D eigenvalue weighted by Gasteiger charge is 2.14. The molecule has 4 aromatic rings. The number of rotatable bonds is 5. The molecule has 0 spiro atoms. The lowest BCUT2D eigenvalue weighted by Crippen LogP contribution is -2.14. The van der Waals surface area contributed by atoms with Gasteiger partial charge in [-0.25, -0.2) is 9.97 Å². The van der Waals surface area contributed by atoms with E-state index in [1.165, 1.54) is 0 Å². The van der Waals surface area contributed by atoms with Crippen LogP contribution in [0.15, 0.2) is 67.1 Å². The topological polar surface area (TPSA) is 68.5 Å². The number of nitrogens with one attached hydrogen (secondary N) is 1. The number of carbonyl (C=O) groups is 1. The predicted molar refractivity (Wildman–Crippen MR) is 108 cm³/mol. The molecule has 3 aromatic heterocycles. The summed E-state index contributed by atoms with van der Waals surface area (Å²) in [5, 5.41) is 2.80. The van der Waals surface area contributed by atoms with Crippen LogP contribution in [0.25, 0.3) is 5.65 Å². The fourth-order valence-electron chi connectivity index (χ4n) is 2.93. The zero-order chi connectivity index (χ0) is 19.5. The molecule has 1 amide bonds. The number of aromatic nitrogens is 3. The smallest absolute Gasteiger partial charge is 0.260 e. The first kappa shape index (κ1) is 17.7. The standard InChI is InChI=1S/C22H20N4O2/c1-15-9-10-20(23-12-15)25-22(27)18-7-3-4-8-19(18)28-14-17-13-26-11-5-6-16(2)21(26)24-17/h3-13H,14H2,1-2H3,(H,23,25,27). The highest BCUT2D eigenvalue weighted by atomic mass is 16.5. The number of fused-ring (bicyclic) bond motifs is 1. The third-order valence-electron chi connectivity index (χ3n) is 4.39. The van der Waals surface area contributed by atoms with Gasteiger partial charge in [0.25, 0.3) is 5.91 Å². The first-order chi connectivity index (χ1) is 13.6. The molecule has 6 heteroatoms. The third kappa shape index (κ3) is 3.71. The average molecular weight is 372 g/mol. The van der Waals surface area contributed by atoms with E-state index in [0.29, 0.717) is 17.1 Å². The van der Waals surface area contributed by atoms with Gasteiger partial charge in [-0.2, -0.15) is 0 Å². The van der Waals surface area contributed by atoms with Crippen LogP contribution in [0.1, 0.15) is 27.2 Å². The van der Waals surface area contributed by atoms with Gasteiger partial charge in [0, 0.05) is 18.6 Å². The zero-order valence-corrected chi connectivity index (χ0v) is 15.7. The van der Waals surface area contributed by atoms with E-state index in [1.54, 1.807) is 30.5 Å². The lowest BCUT2D eigenvalue weighted by atomic mass is 10.2. The van der Waals surface area contributed by atoms with Crippen molar-refractivity contribution in [1.82, 2.24) is 14.4 Å². The summed E-state index contributed by atoms with van der Waals surface area (Å²) >= 11 is 0. The third-order valence-corrected chi connectivity index (χ3v) is 4.39. The molecule has 1 aromatic carbocycles. The summed E-state index contributed by atoms with van der Waals surface area (Å²) in [6.07, 6.45) is 5.60. The molecule has 0 saturated heterocycles. The van der Waals surface area contributed by atoms with Gasteiger partial charge < -0.3 is 14.5 Å². The fraction of sp³-hybridized carbons (Fsp3) is 0.136. The fourth-order valence-corrected chi connectivity index (χ4v) is 2.93. The summed E-state index contributed by atoms with van der Waals surface area (Å²) in [4.78, 5) is 21.5. The number of imidazole rings is 1. The van der Waals surface area contributed by atoms with E-state index in [4.69, 9.17) is 4.74 Å². The van der Waals surface area contributed by atoms with E-state index in [1.807, 2.05) is 54.9 Å². The normalized spacial score (nSPS) is 10.8. The van der Waals surface area contributed by atoms with Crippen LogP contribution in [0.4, 0.5) is 5.82 Å². The molecule has 0 aliphatic carbocycles. The monoisotopic (exact) mass is 372 g/mol. The molecule has 1 N–H and O–H groups in total. The summed E-state index contributed by atoms with van der Waals surface area (Å²) in [6.45, 7) is 4.24. The molecule has 6 nitrogen and oxygen atoms in total. The van der Waals surface area contributed by atoms with E-state index in [0.717, 1.165) is 22.5 Å². The molecule has 0 aliphatic heterocycles. The van der Waals surface area contributed by atoms with E-state index in [9.17, 15) is 4.79 Å². The van der Waals surface area contributed by atoms with Crippen molar-refractivity contribution < 1.29 is 9.53 Å². The summed E-state index contributed by atoms with van der Waals surface area (Å²) in [7, 11) is 0. The second kappa shape index (κ2) is 7.52. The molecule has 0 bridgehead atoms. The van der Waals surface area contributed by atoms with Crippen molar-refractivity contribution in [3.05, 3.63) is 89.5 Å². The summed E-state index contributed by atoms with van der Waals surface area (Å²) in [6, 6.07) is 14.8. The molecule has 0 atom stereocenters. The molecule has 4 rings (SSSR count). The molecule has 3 heterocycles. The van der Waals surface area contributed by atoms with E-state index >= 15 is 0 Å². The molecular formula is C22H20N4O2. The van der Waals surface area contributed by atoms with Crippen molar-refractivity contribution in [2.45, 2.75) is 20.5 Å². The minimum absolute atomic E-state index is 0.266. The lowest BCUT2D eigenvalue weighted by Gasteiger charge is -2.10. The maximum atomic E-state index is 12.7. The van der Waals surface area contributed by atoms with Crippen molar-refractivity contribution in [3.8, 4) is 5.75 Å². The largest absolute Gasteiger partial charge is 0.486 e. The number of nitrogens with zero attached hydrogens (tertiary/aromatic N) is 3. The molecule has 0 aliphatic rings. The van der Waals surface area contributed by atoms with Gasteiger partial charge in [-0.3, -0.25) is 4.79 Å². The van der Waals surface area contributed by atoms with Gasteiger partial charge in [0.1, 0.15) is 23.8 Å². The number of benzene rings is 1. The molecule has 0 radical (unpaired) electrons. The summed E-state index contributed by atoms with van der Waals surface area (Å²) in [5.41, 5.74) is 4.27. The van der Waals surface area contributed by atoms with Crippen LogP contribution < -0.4 is 10.1 Å². The maximum Gasteiger partial charge on any atom is 0.260 e. The Morgan fingerprint density at radius 1 is 1.11 bits per heavy atom. The Bertz CT molecular complexity index is 1130. The lowest BCUT2D eigenvalue weighted by molar-refractivity contribution is 0.102. The van der Waals surface area contributed by atoms with Gasteiger partial charge in [-0.05, 0) is 49.2 Å². The van der Waals surface area contributed by atoms with Crippen LogP contribution in [-0.4, -0.2) is 20.3 Å². The first-order valence-electron chi connectivity index (χ1n) is 8.99. The predicted octanol–water partition coefficient (Wildman–Crippen LogP) is 4.18. The van der Waals surface area contributed by atoms with Crippen molar-refractivity contribution in [2.24, 2.45) is 0 Å². The van der Waals surface area contributed by atoms with Crippen LogP contribution in [0, 0.1) is 13.8 Å². The SMILES string of the molecule is Cc1ccc(NC(=O)c2ccccc2OCc2cn3cccc(C)c3n2)nc1. The summed E-state index contributed by atoms with van der Waals surface area (Å²) in [5.74, 6) is 0.736. The van der Waals surface area contributed by atoms with Crippen LogP contribution in [-0.2, 0) is 6.61 Å². The van der Waals surface area contributed by atoms with E-state index in [2.05, 4.69) is 15.3 Å². The number of aryl methyl sites for hydroxylation is 2. The number of hydrogen-bond donors (Lipinski definition) is 1. The Morgan fingerprint density at radius 2 is 1.96 bits per heavy atom. The van der Waals surface area contributed by atoms with Crippen molar-refractivity contribution in [2.75, 3.05) is 5.32 Å². The minimum atomic E-state index is -0.266. The highest BCUT2D eigenvalue weighted by molar-refractivity contribution is 6.05. The number of ether oxygens (including phenoxy) is 1. The number of pyridine rings is 2. The molecule has 28 heavy (non-hydrogen) atoms. The second-order valence-electron chi connectivity index (χ2n) is 6.61. The number of anilines is 1. The minimum Gasteiger partial charge on any atom is -0.486 e. The van der Waals surface area contributed by atoms with Gasteiger partial charge >= 0.3 is 0 Å². The van der Waals surface area contributed by atoms with Crippen molar-refractivity contribution in [3.63, 3.8) is 0 Å². The van der Waals surface area contributed by atoms with Crippen LogP contribution >= 0.6 is 0 Å². The highest BCUT2D eigenvalue weighted by Crippen LogP contribution is 2.21. The molecule has 0 unspecified atom stereocenters.